The van der Waals surface area contributed by atoms with Crippen molar-refractivity contribution in [1.29, 1.82) is 0 Å². The summed E-state index contributed by atoms with van der Waals surface area (Å²) < 4.78 is 0. The van der Waals surface area contributed by atoms with Crippen LogP contribution in [-0.2, 0) is 5.41 Å². The Kier molecular flexibility index (Phi) is 4.11. The Morgan fingerprint density at radius 2 is 1.86 bits per heavy atom. The van der Waals surface area contributed by atoms with E-state index in [4.69, 9.17) is 0 Å². The Bertz CT molecular complexity index is 622. The molecule has 1 aromatic heterocycles. The first-order valence-corrected chi connectivity index (χ1v) is 7.07. The van der Waals surface area contributed by atoms with Crippen LogP contribution in [0.15, 0.2) is 24.3 Å². The van der Waals surface area contributed by atoms with E-state index in [0.717, 1.165) is 5.56 Å². The van der Waals surface area contributed by atoms with Gasteiger partial charge in [0.2, 0.25) is 5.82 Å². The van der Waals surface area contributed by atoms with Crippen LogP contribution in [0, 0.1) is 6.92 Å². The number of H-pyrrole nitrogens is 1. The highest BCUT2D eigenvalue weighted by atomic mass is 16.2. The van der Waals surface area contributed by atoms with Crippen LogP contribution in [-0.4, -0.2) is 21.1 Å². The summed E-state index contributed by atoms with van der Waals surface area (Å²) in [5.74, 6) is 0.615. The molecule has 21 heavy (non-hydrogen) atoms. The number of aryl methyl sites for hydroxylation is 1. The zero-order valence-corrected chi connectivity index (χ0v) is 13.2. The maximum Gasteiger partial charge on any atom is 0.291 e. The zero-order valence-electron chi connectivity index (χ0n) is 13.2. The first kappa shape index (κ1) is 15.2. The third-order valence-corrected chi connectivity index (χ3v) is 3.32. The SMILES string of the molecule is Cc1ccc(C(C)NC(=O)c2n[nH]c(C(C)(C)C)n2)cc1. The average Bonchev–Trinajstić information content (AvgIpc) is 2.88. The molecule has 0 aliphatic carbocycles. The van der Waals surface area contributed by atoms with E-state index in [1.807, 2.05) is 58.9 Å². The molecule has 0 spiro atoms. The minimum Gasteiger partial charge on any atom is -0.343 e. The van der Waals surface area contributed by atoms with Crippen LogP contribution in [0.4, 0.5) is 0 Å². The lowest BCUT2D eigenvalue weighted by atomic mass is 9.96. The largest absolute Gasteiger partial charge is 0.343 e. The first-order chi connectivity index (χ1) is 9.77. The molecule has 0 bridgehead atoms. The Balaban J connectivity index is 2.07. The van der Waals surface area contributed by atoms with Gasteiger partial charge in [-0.05, 0) is 19.4 Å². The molecular weight excluding hydrogens is 264 g/mol. The van der Waals surface area contributed by atoms with Crippen molar-refractivity contribution in [3.05, 3.63) is 47.0 Å². The van der Waals surface area contributed by atoms with Gasteiger partial charge in [0, 0.05) is 5.41 Å². The van der Waals surface area contributed by atoms with E-state index in [-0.39, 0.29) is 23.2 Å². The molecule has 2 aromatic rings. The third-order valence-electron chi connectivity index (χ3n) is 3.32. The molecule has 2 N–H and O–H groups in total. The van der Waals surface area contributed by atoms with E-state index < -0.39 is 0 Å². The van der Waals surface area contributed by atoms with E-state index in [9.17, 15) is 4.79 Å². The van der Waals surface area contributed by atoms with E-state index in [2.05, 4.69) is 20.5 Å². The average molecular weight is 286 g/mol. The molecule has 0 aliphatic heterocycles. The van der Waals surface area contributed by atoms with Crippen LogP contribution in [0.5, 0.6) is 0 Å². The second-order valence-electron chi connectivity index (χ2n) is 6.36. The number of nitrogens with one attached hydrogen (secondary N) is 2. The lowest BCUT2D eigenvalue weighted by molar-refractivity contribution is 0.0929. The third kappa shape index (κ3) is 3.68. The van der Waals surface area contributed by atoms with Gasteiger partial charge in [0.05, 0.1) is 6.04 Å². The minimum atomic E-state index is -0.269. The summed E-state index contributed by atoms with van der Waals surface area (Å²) >= 11 is 0. The van der Waals surface area contributed by atoms with Crippen LogP contribution in [0.1, 0.15) is 61.3 Å². The number of amides is 1. The van der Waals surface area contributed by atoms with Crippen LogP contribution < -0.4 is 5.32 Å². The molecule has 1 heterocycles. The van der Waals surface area contributed by atoms with Crippen molar-refractivity contribution < 1.29 is 4.79 Å². The number of hydrogen-bond acceptors (Lipinski definition) is 3. The van der Waals surface area contributed by atoms with E-state index in [0.29, 0.717) is 5.82 Å². The zero-order chi connectivity index (χ0) is 15.6. The molecule has 5 nitrogen and oxygen atoms in total. The van der Waals surface area contributed by atoms with Gasteiger partial charge in [-0.3, -0.25) is 9.89 Å². The topological polar surface area (TPSA) is 70.7 Å². The first-order valence-electron chi connectivity index (χ1n) is 7.07. The minimum absolute atomic E-state index is 0.0883. The standard InChI is InChI=1S/C16H22N4O/c1-10-6-8-12(9-7-10)11(2)17-14(21)13-18-15(20-19-13)16(3,4)5/h6-9,11H,1-5H3,(H,17,21)(H,18,19,20). The number of hydrogen-bond donors (Lipinski definition) is 2. The van der Waals surface area contributed by atoms with Crippen molar-refractivity contribution in [2.24, 2.45) is 0 Å². The molecule has 0 saturated carbocycles. The summed E-state index contributed by atoms with van der Waals surface area (Å²) in [5, 5.41) is 9.73. The lowest BCUT2D eigenvalue weighted by Crippen LogP contribution is -2.27. The van der Waals surface area contributed by atoms with Gasteiger partial charge in [0.15, 0.2) is 0 Å². The molecule has 5 heteroatoms. The normalized spacial score (nSPS) is 13.0. The number of aromatic nitrogens is 3. The van der Waals surface area contributed by atoms with Gasteiger partial charge in [-0.1, -0.05) is 50.6 Å². The van der Waals surface area contributed by atoms with E-state index in [1.54, 1.807) is 0 Å². The predicted octanol–water partition coefficient (Wildman–Crippen LogP) is 2.90. The van der Waals surface area contributed by atoms with Crippen molar-refractivity contribution in [3.8, 4) is 0 Å². The van der Waals surface area contributed by atoms with Gasteiger partial charge in [-0.15, -0.1) is 5.10 Å². The molecule has 1 amide bonds. The fraction of sp³-hybridized carbons (Fsp3) is 0.438. The second kappa shape index (κ2) is 5.68. The smallest absolute Gasteiger partial charge is 0.291 e. The lowest BCUT2D eigenvalue weighted by Gasteiger charge is -2.14. The predicted molar refractivity (Wildman–Crippen MR) is 82.1 cm³/mol. The Labute approximate surface area is 125 Å². The van der Waals surface area contributed by atoms with Crippen molar-refractivity contribution in [1.82, 2.24) is 20.5 Å². The number of carbonyl (C=O) groups is 1. The van der Waals surface area contributed by atoms with Crippen LogP contribution in [0.2, 0.25) is 0 Å². The molecular formula is C16H22N4O. The number of carbonyl (C=O) groups excluding carboxylic acids is 1. The van der Waals surface area contributed by atoms with Crippen molar-refractivity contribution in [2.75, 3.05) is 0 Å². The van der Waals surface area contributed by atoms with Gasteiger partial charge >= 0.3 is 0 Å². The summed E-state index contributed by atoms with van der Waals surface area (Å²) in [6.07, 6.45) is 0. The summed E-state index contributed by atoms with van der Waals surface area (Å²) in [4.78, 5) is 16.4. The highest BCUT2D eigenvalue weighted by molar-refractivity contribution is 5.90. The second-order valence-corrected chi connectivity index (χ2v) is 6.36. The highest BCUT2D eigenvalue weighted by Crippen LogP contribution is 2.18. The van der Waals surface area contributed by atoms with Crippen molar-refractivity contribution >= 4 is 5.91 Å². The van der Waals surface area contributed by atoms with E-state index >= 15 is 0 Å². The van der Waals surface area contributed by atoms with Crippen molar-refractivity contribution in [2.45, 2.75) is 46.1 Å². The van der Waals surface area contributed by atoms with Gasteiger partial charge in [0.25, 0.3) is 5.91 Å². The Morgan fingerprint density at radius 1 is 1.24 bits per heavy atom. The number of aromatic amines is 1. The fourth-order valence-electron chi connectivity index (χ4n) is 1.90. The Morgan fingerprint density at radius 3 is 2.38 bits per heavy atom. The van der Waals surface area contributed by atoms with Gasteiger partial charge in [-0.25, -0.2) is 4.98 Å². The molecule has 0 radical (unpaired) electrons. The molecule has 2 rings (SSSR count). The Hall–Kier alpha value is -2.17. The monoisotopic (exact) mass is 286 g/mol. The fourth-order valence-corrected chi connectivity index (χ4v) is 1.90. The van der Waals surface area contributed by atoms with Gasteiger partial charge in [-0.2, -0.15) is 0 Å². The van der Waals surface area contributed by atoms with Gasteiger partial charge in [0.1, 0.15) is 5.82 Å². The molecule has 0 fully saturated rings. The number of benzene rings is 1. The molecule has 0 saturated heterocycles. The maximum absolute atomic E-state index is 12.2. The summed E-state index contributed by atoms with van der Waals surface area (Å²) in [6, 6.07) is 8.00. The number of rotatable bonds is 3. The quantitative estimate of drug-likeness (QED) is 0.911. The van der Waals surface area contributed by atoms with Crippen molar-refractivity contribution in [3.63, 3.8) is 0 Å². The summed E-state index contributed by atoms with van der Waals surface area (Å²) in [5.41, 5.74) is 2.09. The van der Waals surface area contributed by atoms with E-state index in [1.165, 1.54) is 5.56 Å². The molecule has 1 atom stereocenters. The summed E-state index contributed by atoms with van der Waals surface area (Å²) in [7, 11) is 0. The molecule has 112 valence electrons. The van der Waals surface area contributed by atoms with Crippen LogP contribution >= 0.6 is 0 Å². The van der Waals surface area contributed by atoms with Crippen LogP contribution in [0.25, 0.3) is 0 Å². The molecule has 1 aromatic carbocycles. The summed E-state index contributed by atoms with van der Waals surface area (Å²) in [6.45, 7) is 10.0. The van der Waals surface area contributed by atoms with Crippen LogP contribution in [0.3, 0.4) is 0 Å². The molecule has 0 aliphatic rings. The van der Waals surface area contributed by atoms with Gasteiger partial charge < -0.3 is 5.32 Å². The number of nitrogens with zero attached hydrogens (tertiary/aromatic N) is 2. The highest BCUT2D eigenvalue weighted by Gasteiger charge is 2.22. The maximum atomic E-state index is 12.2. The molecule has 1 unspecified atom stereocenters.